The predicted octanol–water partition coefficient (Wildman–Crippen LogP) is 6.65. The van der Waals surface area contributed by atoms with E-state index in [4.69, 9.17) is 0 Å². The number of halogens is 7. The molecule has 1 nitrogen and oxygen atoms in total. The van der Waals surface area contributed by atoms with E-state index in [1.165, 1.54) is 12.1 Å². The third-order valence-corrected chi connectivity index (χ3v) is 4.78. The summed E-state index contributed by atoms with van der Waals surface area (Å²) in [6, 6.07) is 13.2. The van der Waals surface area contributed by atoms with Gasteiger partial charge in [0.2, 0.25) is 0 Å². The predicted molar refractivity (Wildman–Crippen MR) is 103 cm³/mol. The van der Waals surface area contributed by atoms with E-state index in [-0.39, 0.29) is 11.1 Å². The summed E-state index contributed by atoms with van der Waals surface area (Å²) in [5.74, 6) is -3.07. The van der Waals surface area contributed by atoms with Crippen LogP contribution in [0.1, 0.15) is 5.56 Å². The molecule has 146 valence electrons. The number of alkyl halides is 3. The zero-order valence-corrected chi connectivity index (χ0v) is 16.2. The smallest absolute Gasteiger partial charge is 0.224 e. The van der Waals surface area contributed by atoms with E-state index in [0.29, 0.717) is 5.56 Å². The molecule has 28 heavy (non-hydrogen) atoms. The van der Waals surface area contributed by atoms with Crippen molar-refractivity contribution in [3.8, 4) is 22.3 Å². The molecule has 3 rings (SSSR count). The first-order valence-corrected chi connectivity index (χ1v) is 9.07. The normalized spacial score (nSPS) is 11.7. The summed E-state index contributed by atoms with van der Waals surface area (Å²) in [4.78, 5) is 0. The summed E-state index contributed by atoms with van der Waals surface area (Å²) in [6.07, 6.45) is -4.77. The van der Waals surface area contributed by atoms with Crippen LogP contribution >= 0.6 is 22.6 Å². The maximum atomic E-state index is 14.6. The van der Waals surface area contributed by atoms with Crippen molar-refractivity contribution in [3.05, 3.63) is 81.2 Å². The minimum atomic E-state index is -4.77. The monoisotopic (exact) mass is 507 g/mol. The lowest BCUT2D eigenvalue weighted by Gasteiger charge is -2.12. The van der Waals surface area contributed by atoms with Crippen molar-refractivity contribution in [2.24, 2.45) is 0 Å². The maximum Gasteiger partial charge on any atom is 0.457 e. The molecule has 0 aliphatic rings. The highest BCUT2D eigenvalue weighted by Gasteiger charge is 2.27. The first-order valence-electron chi connectivity index (χ1n) is 7.99. The van der Waals surface area contributed by atoms with Crippen LogP contribution in [0.4, 0.5) is 26.3 Å². The van der Waals surface area contributed by atoms with Gasteiger partial charge >= 0.3 is 6.30 Å². The average Bonchev–Trinajstić information content (AvgIpc) is 2.60. The Hall–Kier alpha value is -2.07. The zero-order valence-electron chi connectivity index (χ0n) is 14.0. The zero-order chi connectivity index (χ0) is 20.5. The Bertz CT molecular complexity index is 976. The van der Waals surface area contributed by atoms with E-state index < -0.39 is 35.9 Å². The standard InChI is InChI=1S/C20H12F6IN/c21-17-7-12(11-1-4-14(27)5-2-11)3-6-15(17)13-8-18(22)16(19(23)9-13)10-28-20(24,25)26/h1-9,28H,10H2. The van der Waals surface area contributed by atoms with E-state index in [2.05, 4.69) is 22.6 Å². The van der Waals surface area contributed by atoms with Gasteiger partial charge in [-0.2, -0.15) is 13.2 Å². The van der Waals surface area contributed by atoms with Crippen molar-refractivity contribution in [1.82, 2.24) is 5.32 Å². The summed E-state index contributed by atoms with van der Waals surface area (Å²) in [5.41, 5.74) is 0.443. The largest absolute Gasteiger partial charge is 0.457 e. The Morgan fingerprint density at radius 3 is 1.79 bits per heavy atom. The lowest BCUT2D eigenvalue weighted by Crippen LogP contribution is -2.31. The van der Waals surface area contributed by atoms with Gasteiger partial charge in [-0.15, -0.1) is 0 Å². The van der Waals surface area contributed by atoms with Crippen LogP contribution in [-0.4, -0.2) is 6.30 Å². The fourth-order valence-corrected chi connectivity index (χ4v) is 3.05. The molecule has 8 heteroatoms. The van der Waals surface area contributed by atoms with Crippen LogP contribution in [0.15, 0.2) is 54.6 Å². The highest BCUT2D eigenvalue weighted by molar-refractivity contribution is 14.1. The number of hydrogen-bond acceptors (Lipinski definition) is 1. The van der Waals surface area contributed by atoms with Crippen LogP contribution in [0.2, 0.25) is 0 Å². The van der Waals surface area contributed by atoms with Gasteiger partial charge in [0.15, 0.2) is 0 Å². The molecule has 0 fully saturated rings. The van der Waals surface area contributed by atoms with Crippen molar-refractivity contribution in [3.63, 3.8) is 0 Å². The summed E-state index contributed by atoms with van der Waals surface area (Å²) < 4.78 is 80.4. The molecule has 0 saturated carbocycles. The quantitative estimate of drug-likeness (QED) is 0.237. The summed E-state index contributed by atoms with van der Waals surface area (Å²) in [7, 11) is 0. The van der Waals surface area contributed by atoms with E-state index in [1.807, 2.05) is 24.3 Å². The first-order chi connectivity index (χ1) is 13.1. The topological polar surface area (TPSA) is 12.0 Å². The van der Waals surface area contributed by atoms with Crippen LogP contribution in [0.3, 0.4) is 0 Å². The molecule has 0 atom stereocenters. The highest BCUT2D eigenvalue weighted by Crippen LogP contribution is 2.30. The molecule has 3 aromatic carbocycles. The molecule has 0 aromatic heterocycles. The third-order valence-electron chi connectivity index (χ3n) is 4.06. The summed E-state index contributed by atoms with van der Waals surface area (Å²) in [5, 5.41) is 1.07. The van der Waals surface area contributed by atoms with Gasteiger partial charge < -0.3 is 0 Å². The van der Waals surface area contributed by atoms with E-state index >= 15 is 0 Å². The highest BCUT2D eigenvalue weighted by atomic mass is 127. The van der Waals surface area contributed by atoms with Gasteiger partial charge in [-0.25, -0.2) is 18.5 Å². The van der Waals surface area contributed by atoms with Crippen molar-refractivity contribution in [2.75, 3.05) is 0 Å². The van der Waals surface area contributed by atoms with Crippen molar-refractivity contribution in [2.45, 2.75) is 12.8 Å². The molecular formula is C20H12F6IN. The summed E-state index contributed by atoms with van der Waals surface area (Å²) in [6.45, 7) is -1.06. The summed E-state index contributed by atoms with van der Waals surface area (Å²) >= 11 is 2.14. The fourth-order valence-electron chi connectivity index (χ4n) is 2.69. The molecular weight excluding hydrogens is 495 g/mol. The first kappa shape index (κ1) is 20.7. The van der Waals surface area contributed by atoms with Crippen LogP contribution < -0.4 is 5.32 Å². The Balaban J connectivity index is 1.92. The van der Waals surface area contributed by atoms with Crippen molar-refractivity contribution in [1.29, 1.82) is 0 Å². The molecule has 0 unspecified atom stereocenters. The fraction of sp³-hybridized carbons (Fsp3) is 0.100. The minimum Gasteiger partial charge on any atom is -0.224 e. The molecule has 0 saturated heterocycles. The van der Waals surface area contributed by atoms with Crippen LogP contribution in [0.25, 0.3) is 22.3 Å². The molecule has 0 aliphatic carbocycles. The van der Waals surface area contributed by atoms with Crippen LogP contribution in [0.5, 0.6) is 0 Å². The molecule has 1 N–H and O–H groups in total. The number of nitrogens with one attached hydrogen (secondary N) is 1. The lowest BCUT2D eigenvalue weighted by atomic mass is 9.98. The molecule has 0 aliphatic heterocycles. The van der Waals surface area contributed by atoms with E-state index in [1.54, 1.807) is 6.07 Å². The number of rotatable bonds is 4. The van der Waals surface area contributed by atoms with E-state index in [9.17, 15) is 26.3 Å². The van der Waals surface area contributed by atoms with Gasteiger partial charge in [0.1, 0.15) is 17.5 Å². The van der Waals surface area contributed by atoms with Crippen molar-refractivity contribution >= 4 is 22.6 Å². The second kappa shape index (κ2) is 8.12. The molecule has 0 amide bonds. The van der Waals surface area contributed by atoms with Crippen LogP contribution in [-0.2, 0) is 6.54 Å². The maximum absolute atomic E-state index is 14.6. The second-order valence-corrected chi connectivity index (χ2v) is 7.22. The number of hydrogen-bond donors (Lipinski definition) is 1. The number of benzene rings is 3. The SMILES string of the molecule is Fc1cc(-c2ccc(I)cc2)ccc1-c1cc(F)c(CNC(F)(F)F)c(F)c1. The minimum absolute atomic E-state index is 0.0533. The average molecular weight is 507 g/mol. The van der Waals surface area contributed by atoms with Crippen LogP contribution in [0, 0.1) is 21.0 Å². The van der Waals surface area contributed by atoms with Crippen molar-refractivity contribution < 1.29 is 26.3 Å². The third kappa shape index (κ3) is 4.85. The molecule has 0 radical (unpaired) electrons. The van der Waals surface area contributed by atoms with Gasteiger partial charge in [-0.05, 0) is 69.6 Å². The Labute approximate surface area is 170 Å². The molecule has 0 heterocycles. The Morgan fingerprint density at radius 1 is 0.714 bits per heavy atom. The van der Waals surface area contributed by atoms with Gasteiger partial charge in [-0.1, -0.05) is 24.3 Å². The van der Waals surface area contributed by atoms with Gasteiger partial charge in [0.05, 0.1) is 0 Å². The molecule has 0 spiro atoms. The molecule has 3 aromatic rings. The molecule has 0 bridgehead atoms. The lowest BCUT2D eigenvalue weighted by molar-refractivity contribution is -0.158. The van der Waals surface area contributed by atoms with Gasteiger partial charge in [0.25, 0.3) is 0 Å². The van der Waals surface area contributed by atoms with Gasteiger partial charge in [0, 0.05) is 21.2 Å². The Kier molecular flexibility index (Phi) is 5.99. The van der Waals surface area contributed by atoms with E-state index in [0.717, 1.165) is 26.6 Å². The Morgan fingerprint density at radius 2 is 1.25 bits per heavy atom. The second-order valence-electron chi connectivity index (χ2n) is 5.97. The van der Waals surface area contributed by atoms with Gasteiger partial charge in [-0.3, -0.25) is 0 Å².